The second-order valence-electron chi connectivity index (χ2n) is 14.9. The number of aryl methyl sites for hydroxylation is 1. The van der Waals surface area contributed by atoms with E-state index in [1.807, 2.05) is 24.3 Å². The Kier molecular flexibility index (Phi) is 29.1. The van der Waals surface area contributed by atoms with Crippen molar-refractivity contribution >= 4 is 20.9 Å². The van der Waals surface area contributed by atoms with Crippen molar-refractivity contribution in [3.8, 4) is 0 Å². The summed E-state index contributed by atoms with van der Waals surface area (Å²) in [5, 5.41) is 1.48. The third-order valence-electron chi connectivity index (χ3n) is 10.5. The van der Waals surface area contributed by atoms with E-state index in [1.165, 1.54) is 173 Å². The van der Waals surface area contributed by atoms with E-state index in [0.717, 1.165) is 42.2 Å². The van der Waals surface area contributed by atoms with Crippen LogP contribution in [0, 0.1) is 0 Å². The molecule has 2 rings (SSSR count). The van der Waals surface area contributed by atoms with Gasteiger partial charge in [-0.25, -0.2) is 8.42 Å². The first-order chi connectivity index (χ1) is 23.5. The van der Waals surface area contributed by atoms with Crippen LogP contribution in [0.25, 0.3) is 10.8 Å². The van der Waals surface area contributed by atoms with Gasteiger partial charge in [-0.3, -0.25) is 0 Å². The molecule has 3 nitrogen and oxygen atoms in total. The summed E-state index contributed by atoms with van der Waals surface area (Å²) in [6.45, 7) is 4.56. The zero-order chi connectivity index (χ0) is 34.5. The minimum Gasteiger partial charge on any atom is -0.744 e. The van der Waals surface area contributed by atoms with E-state index in [4.69, 9.17) is 0 Å². The molecule has 0 aliphatic rings. The van der Waals surface area contributed by atoms with Gasteiger partial charge in [0.15, 0.2) is 0 Å². The largest absolute Gasteiger partial charge is 1.00 e. The first-order valence-corrected chi connectivity index (χ1v) is 22.4. The maximum Gasteiger partial charge on any atom is 1.00 e. The number of rotatable bonds is 33. The fourth-order valence-electron chi connectivity index (χ4n) is 7.56. The summed E-state index contributed by atoms with van der Waals surface area (Å²) in [6, 6.07) is 9.73. The van der Waals surface area contributed by atoms with Gasteiger partial charge in [0.05, 0.1) is 4.90 Å². The van der Waals surface area contributed by atoms with E-state index in [9.17, 15) is 13.0 Å². The van der Waals surface area contributed by atoms with E-state index in [-0.39, 0.29) is 23.8 Å². The van der Waals surface area contributed by atoms with Gasteiger partial charge in [-0.1, -0.05) is 224 Å². The van der Waals surface area contributed by atoms with Gasteiger partial charge in [0, 0.05) is 0 Å². The summed E-state index contributed by atoms with van der Waals surface area (Å²) >= 11 is 0. The Morgan fingerprint density at radius 3 is 1.16 bits per heavy atom. The minimum atomic E-state index is -4.56. The second kappa shape index (κ2) is 30.8. The normalized spacial score (nSPS) is 11.7. The van der Waals surface area contributed by atoms with Gasteiger partial charge in [0.2, 0.25) is 0 Å². The maximum absolute atomic E-state index is 12.6. The Hall–Kier alpha value is -0.793. The molecular weight excluding hydrogens is 615 g/mol. The minimum absolute atomic E-state index is 0. The number of unbranched alkanes of at least 4 members (excludes halogenated alkanes) is 28. The average Bonchev–Trinajstić information content (AvgIpc) is 3.07. The Labute approximate surface area is 316 Å². The van der Waals surface area contributed by atoms with E-state index >= 15 is 0 Å². The summed E-state index contributed by atoms with van der Waals surface area (Å²) in [5.74, 6) is 0. The predicted molar refractivity (Wildman–Crippen MR) is 209 cm³/mol. The Balaban J connectivity index is 0.0000120. The fourth-order valence-corrected chi connectivity index (χ4v) is 8.55. The van der Waals surface area contributed by atoms with Gasteiger partial charge in [-0.15, -0.1) is 0 Å². The first kappa shape index (κ1) is 46.2. The van der Waals surface area contributed by atoms with Gasteiger partial charge in [-0.2, -0.15) is 0 Å². The van der Waals surface area contributed by atoms with Crippen LogP contribution < -0.4 is 18.9 Å². The van der Waals surface area contributed by atoms with Crippen molar-refractivity contribution in [3.05, 3.63) is 41.5 Å². The molecule has 0 atom stereocenters. The molecule has 0 bridgehead atoms. The van der Waals surface area contributed by atoms with Crippen LogP contribution in [0.4, 0.5) is 0 Å². The summed E-state index contributed by atoms with van der Waals surface area (Å²) in [4.78, 5) is 0.0573. The van der Waals surface area contributed by atoms with Gasteiger partial charge in [0.1, 0.15) is 10.1 Å². The van der Waals surface area contributed by atoms with E-state index in [0.29, 0.717) is 11.8 Å². The quantitative estimate of drug-likeness (QED) is 0.0425. The fraction of sp³-hybridized carbons (Fsp3) is 0.773. The maximum atomic E-state index is 12.6. The monoisotopic (exact) mass is 691 g/mol. The third kappa shape index (κ3) is 22.0. The van der Waals surface area contributed by atoms with E-state index < -0.39 is 10.1 Å². The smallest absolute Gasteiger partial charge is 0.744 e. The summed E-state index contributed by atoms with van der Waals surface area (Å²) < 4.78 is 37.9. The van der Waals surface area contributed by atoms with E-state index in [2.05, 4.69) is 19.9 Å². The molecule has 0 amide bonds. The number of fused-ring (bicyclic) bond motifs is 1. The molecule has 0 fully saturated rings. The van der Waals surface area contributed by atoms with Crippen LogP contribution in [0.2, 0.25) is 0 Å². The molecule has 2 aromatic carbocycles. The van der Waals surface area contributed by atoms with Crippen LogP contribution in [0.3, 0.4) is 0 Å². The molecular formula is C44H75LiO3S. The van der Waals surface area contributed by atoms with Crippen molar-refractivity contribution in [1.82, 2.24) is 0 Å². The summed E-state index contributed by atoms with van der Waals surface area (Å²) in [6.07, 6.45) is 41.2. The van der Waals surface area contributed by atoms with Crippen LogP contribution in [0.1, 0.15) is 218 Å². The van der Waals surface area contributed by atoms with Crippen molar-refractivity contribution in [1.29, 1.82) is 0 Å². The van der Waals surface area contributed by atoms with Gasteiger partial charge in [0.25, 0.3) is 0 Å². The SMILES string of the molecule is CCCCCCCCCCCCCCCCCc1cc2ccccc2c(S(=O)(=O)[O-])c1CCCCCCCCCCCCCCCCC.[Li+]. The van der Waals surface area contributed by atoms with Crippen LogP contribution in [-0.4, -0.2) is 13.0 Å². The molecule has 2 aromatic rings. The molecule has 5 heteroatoms. The zero-order valence-electron chi connectivity index (χ0n) is 32.6. The van der Waals surface area contributed by atoms with Crippen molar-refractivity contribution in [2.24, 2.45) is 0 Å². The Morgan fingerprint density at radius 2 is 0.796 bits per heavy atom. The van der Waals surface area contributed by atoms with Crippen LogP contribution in [-0.2, 0) is 23.0 Å². The second-order valence-corrected chi connectivity index (χ2v) is 16.2. The molecule has 0 N–H and O–H groups in total. The standard InChI is InChI=1S/C44H76O3S.Li/c1-3-5-7-9-11-13-15-17-19-21-23-25-27-29-31-35-40-39-41-36-33-34-38-43(41)44(48(45,46)47)42(40)37-32-30-28-26-24-22-20-18-16-14-12-10-8-6-4-2;/h33-34,36,38-39H,3-32,35,37H2,1-2H3,(H,45,46,47);/q;+1/p-1. The molecule has 276 valence electrons. The first-order valence-electron chi connectivity index (χ1n) is 21.0. The van der Waals surface area contributed by atoms with Gasteiger partial charge >= 0.3 is 18.9 Å². The van der Waals surface area contributed by atoms with Crippen LogP contribution in [0.5, 0.6) is 0 Å². The van der Waals surface area contributed by atoms with Crippen molar-refractivity contribution in [3.63, 3.8) is 0 Å². The van der Waals surface area contributed by atoms with Crippen LogP contribution in [0.15, 0.2) is 35.2 Å². The molecule has 0 saturated heterocycles. The molecule has 0 heterocycles. The number of benzene rings is 2. The van der Waals surface area contributed by atoms with Gasteiger partial charge < -0.3 is 4.55 Å². The number of hydrogen-bond donors (Lipinski definition) is 0. The number of hydrogen-bond acceptors (Lipinski definition) is 3. The average molecular weight is 691 g/mol. The zero-order valence-corrected chi connectivity index (χ0v) is 33.5. The van der Waals surface area contributed by atoms with Crippen molar-refractivity contribution < 1.29 is 31.8 Å². The van der Waals surface area contributed by atoms with E-state index in [1.54, 1.807) is 0 Å². The molecule has 0 spiro atoms. The molecule has 0 radical (unpaired) electrons. The predicted octanol–water partition coefficient (Wildman–Crippen LogP) is 11.6. The molecule has 0 unspecified atom stereocenters. The third-order valence-corrected chi connectivity index (χ3v) is 11.5. The van der Waals surface area contributed by atoms with Gasteiger partial charge in [-0.05, 0) is 47.6 Å². The van der Waals surface area contributed by atoms with Crippen molar-refractivity contribution in [2.45, 2.75) is 224 Å². The summed E-state index contributed by atoms with van der Waals surface area (Å²) in [7, 11) is -4.56. The molecule has 0 aromatic heterocycles. The topological polar surface area (TPSA) is 57.2 Å². The molecule has 0 saturated carbocycles. The Morgan fingerprint density at radius 1 is 0.469 bits per heavy atom. The van der Waals surface area contributed by atoms with Crippen LogP contribution >= 0.6 is 0 Å². The molecule has 49 heavy (non-hydrogen) atoms. The summed E-state index contributed by atoms with van der Waals surface area (Å²) in [5.41, 5.74) is 1.90. The molecule has 0 aliphatic carbocycles. The molecule has 0 aliphatic heterocycles. The van der Waals surface area contributed by atoms with Crippen molar-refractivity contribution in [2.75, 3.05) is 0 Å². The Bertz CT molecular complexity index is 1160.